The maximum Gasteiger partial charge on any atom is 0.341 e. The van der Waals surface area contributed by atoms with Gasteiger partial charge >= 0.3 is 5.97 Å². The van der Waals surface area contributed by atoms with Crippen LogP contribution in [0.4, 0.5) is 5.82 Å². The first kappa shape index (κ1) is 11.0. The normalized spacial score (nSPS) is 10.2. The van der Waals surface area contributed by atoms with Crippen LogP contribution in [0.5, 0.6) is 5.75 Å². The van der Waals surface area contributed by atoms with Crippen molar-refractivity contribution in [2.24, 2.45) is 0 Å². The molecule has 2 aromatic rings. The van der Waals surface area contributed by atoms with Gasteiger partial charge in [0.25, 0.3) is 0 Å². The van der Waals surface area contributed by atoms with Crippen LogP contribution in [0.3, 0.4) is 0 Å². The number of ether oxygens (including phenoxy) is 1. The lowest BCUT2D eigenvalue weighted by atomic mass is 10.3. The molecule has 2 rings (SSSR count). The van der Waals surface area contributed by atoms with Crippen molar-refractivity contribution in [2.75, 3.05) is 12.8 Å². The van der Waals surface area contributed by atoms with Crippen molar-refractivity contribution in [3.63, 3.8) is 0 Å². The van der Waals surface area contributed by atoms with Crippen molar-refractivity contribution >= 4 is 11.8 Å². The monoisotopic (exact) mass is 233 g/mol. The van der Waals surface area contributed by atoms with Gasteiger partial charge in [-0.25, -0.2) is 9.48 Å². The molecule has 0 atom stereocenters. The van der Waals surface area contributed by atoms with Crippen molar-refractivity contribution in [3.8, 4) is 11.4 Å². The third kappa shape index (κ3) is 1.92. The van der Waals surface area contributed by atoms with Crippen LogP contribution in [0, 0.1) is 0 Å². The number of hydrogen-bond acceptors (Lipinski definition) is 4. The Kier molecular flexibility index (Phi) is 2.70. The zero-order valence-electron chi connectivity index (χ0n) is 9.12. The number of methoxy groups -OCH3 is 1. The molecule has 1 heterocycles. The molecule has 0 saturated heterocycles. The Morgan fingerprint density at radius 3 is 2.53 bits per heavy atom. The first-order chi connectivity index (χ1) is 8.13. The molecular formula is C11H11N3O3. The number of benzene rings is 1. The summed E-state index contributed by atoms with van der Waals surface area (Å²) in [4.78, 5) is 10.8. The number of nitrogen functional groups attached to an aromatic ring is 1. The molecule has 0 spiro atoms. The summed E-state index contributed by atoms with van der Waals surface area (Å²) in [6, 6.07) is 6.98. The number of rotatable bonds is 3. The van der Waals surface area contributed by atoms with Crippen molar-refractivity contribution in [1.82, 2.24) is 9.78 Å². The van der Waals surface area contributed by atoms with Gasteiger partial charge in [-0.3, -0.25) is 0 Å². The SMILES string of the molecule is COc1ccc(-n2ncc(C(=O)O)c2N)cc1. The van der Waals surface area contributed by atoms with Gasteiger partial charge in [-0.2, -0.15) is 5.10 Å². The number of nitrogens with zero attached hydrogens (tertiary/aromatic N) is 2. The minimum absolute atomic E-state index is 0.0131. The zero-order valence-corrected chi connectivity index (χ0v) is 9.12. The number of aromatic carboxylic acids is 1. The molecule has 6 heteroatoms. The van der Waals surface area contributed by atoms with Gasteiger partial charge in [-0.1, -0.05) is 0 Å². The Morgan fingerprint density at radius 1 is 1.41 bits per heavy atom. The molecule has 0 bridgehead atoms. The molecular weight excluding hydrogens is 222 g/mol. The van der Waals surface area contributed by atoms with E-state index in [9.17, 15) is 4.79 Å². The van der Waals surface area contributed by atoms with Gasteiger partial charge in [0, 0.05) is 0 Å². The molecule has 0 fully saturated rings. The van der Waals surface area contributed by atoms with E-state index in [-0.39, 0.29) is 11.4 Å². The minimum Gasteiger partial charge on any atom is -0.497 e. The first-order valence-electron chi connectivity index (χ1n) is 4.84. The second-order valence-electron chi connectivity index (χ2n) is 3.36. The van der Waals surface area contributed by atoms with Gasteiger partial charge in [0.2, 0.25) is 0 Å². The molecule has 0 saturated carbocycles. The number of hydrogen-bond donors (Lipinski definition) is 2. The zero-order chi connectivity index (χ0) is 12.4. The van der Waals surface area contributed by atoms with Crippen LogP contribution in [-0.4, -0.2) is 28.0 Å². The van der Waals surface area contributed by atoms with Gasteiger partial charge in [-0.15, -0.1) is 0 Å². The van der Waals surface area contributed by atoms with Crippen LogP contribution in [0.2, 0.25) is 0 Å². The molecule has 0 unspecified atom stereocenters. The maximum absolute atomic E-state index is 10.8. The molecule has 0 aliphatic carbocycles. The fourth-order valence-electron chi connectivity index (χ4n) is 1.45. The van der Waals surface area contributed by atoms with Gasteiger partial charge < -0.3 is 15.6 Å². The highest BCUT2D eigenvalue weighted by Gasteiger charge is 2.14. The summed E-state index contributed by atoms with van der Waals surface area (Å²) in [5.74, 6) is -0.289. The molecule has 0 aliphatic rings. The van der Waals surface area contributed by atoms with E-state index in [2.05, 4.69) is 5.10 Å². The molecule has 17 heavy (non-hydrogen) atoms. The van der Waals surface area contributed by atoms with Gasteiger partial charge in [-0.05, 0) is 24.3 Å². The van der Waals surface area contributed by atoms with E-state index in [1.807, 2.05) is 0 Å². The molecule has 1 aromatic heterocycles. The number of carboxylic acids is 1. The Hall–Kier alpha value is -2.50. The Labute approximate surface area is 97.2 Å². The third-order valence-electron chi connectivity index (χ3n) is 2.35. The average Bonchev–Trinajstić information content (AvgIpc) is 2.71. The summed E-state index contributed by atoms with van der Waals surface area (Å²) >= 11 is 0. The number of carbonyl (C=O) groups is 1. The van der Waals surface area contributed by atoms with E-state index in [0.29, 0.717) is 11.4 Å². The number of aromatic nitrogens is 2. The lowest BCUT2D eigenvalue weighted by molar-refractivity contribution is 0.0698. The van der Waals surface area contributed by atoms with Gasteiger partial charge in [0.15, 0.2) is 0 Å². The predicted molar refractivity (Wildman–Crippen MR) is 61.5 cm³/mol. The van der Waals surface area contributed by atoms with Crippen LogP contribution < -0.4 is 10.5 Å². The van der Waals surface area contributed by atoms with Gasteiger partial charge in [0.05, 0.1) is 19.0 Å². The smallest absolute Gasteiger partial charge is 0.341 e. The van der Waals surface area contributed by atoms with Crippen molar-refractivity contribution < 1.29 is 14.6 Å². The summed E-state index contributed by atoms with van der Waals surface area (Å²) in [6.07, 6.45) is 1.22. The molecule has 0 radical (unpaired) electrons. The van der Waals surface area contributed by atoms with Gasteiger partial charge in [0.1, 0.15) is 17.1 Å². The Balaban J connectivity index is 2.42. The highest BCUT2D eigenvalue weighted by molar-refractivity contribution is 5.92. The molecule has 88 valence electrons. The fraction of sp³-hybridized carbons (Fsp3) is 0.0909. The van der Waals surface area contributed by atoms with E-state index < -0.39 is 5.97 Å². The van der Waals surface area contributed by atoms with Crippen LogP contribution in [-0.2, 0) is 0 Å². The number of nitrogens with two attached hydrogens (primary N) is 1. The van der Waals surface area contributed by atoms with Crippen molar-refractivity contribution in [2.45, 2.75) is 0 Å². The first-order valence-corrected chi connectivity index (χ1v) is 4.84. The molecule has 0 aliphatic heterocycles. The third-order valence-corrected chi connectivity index (χ3v) is 2.35. The second-order valence-corrected chi connectivity index (χ2v) is 3.36. The maximum atomic E-state index is 10.8. The van der Waals surface area contributed by atoms with E-state index in [4.69, 9.17) is 15.6 Å². The number of anilines is 1. The number of carboxylic acid groups (broad SMARTS) is 1. The van der Waals surface area contributed by atoms with Crippen molar-refractivity contribution in [3.05, 3.63) is 36.0 Å². The Bertz CT molecular complexity index is 546. The Morgan fingerprint density at radius 2 is 2.06 bits per heavy atom. The summed E-state index contributed by atoms with van der Waals surface area (Å²) in [5.41, 5.74) is 6.36. The fourth-order valence-corrected chi connectivity index (χ4v) is 1.45. The van der Waals surface area contributed by atoms with Crippen LogP contribution in [0.1, 0.15) is 10.4 Å². The van der Waals surface area contributed by atoms with Crippen molar-refractivity contribution in [1.29, 1.82) is 0 Å². The lowest BCUT2D eigenvalue weighted by Crippen LogP contribution is -2.05. The van der Waals surface area contributed by atoms with Crippen LogP contribution >= 0.6 is 0 Å². The summed E-state index contributed by atoms with van der Waals surface area (Å²) in [5, 5.41) is 12.8. The minimum atomic E-state index is -1.10. The largest absolute Gasteiger partial charge is 0.497 e. The standard InChI is InChI=1S/C11H11N3O3/c1-17-8-4-2-7(3-5-8)14-10(12)9(6-13-14)11(15)16/h2-6H,12H2,1H3,(H,15,16). The average molecular weight is 233 g/mol. The quantitative estimate of drug-likeness (QED) is 0.830. The summed E-state index contributed by atoms with van der Waals surface area (Å²) in [6.45, 7) is 0. The van der Waals surface area contributed by atoms with E-state index in [0.717, 1.165) is 0 Å². The van der Waals surface area contributed by atoms with Crippen LogP contribution in [0.25, 0.3) is 5.69 Å². The highest BCUT2D eigenvalue weighted by Crippen LogP contribution is 2.19. The molecule has 1 aromatic carbocycles. The van der Waals surface area contributed by atoms with E-state index in [1.54, 1.807) is 31.4 Å². The second kappa shape index (κ2) is 4.17. The van der Waals surface area contributed by atoms with Crippen LogP contribution in [0.15, 0.2) is 30.5 Å². The lowest BCUT2D eigenvalue weighted by Gasteiger charge is -2.05. The molecule has 0 amide bonds. The summed E-state index contributed by atoms with van der Waals surface area (Å²) in [7, 11) is 1.57. The van der Waals surface area contributed by atoms with E-state index in [1.165, 1.54) is 10.9 Å². The topological polar surface area (TPSA) is 90.4 Å². The predicted octanol–water partition coefficient (Wildman–Crippen LogP) is 1.16. The highest BCUT2D eigenvalue weighted by atomic mass is 16.5. The molecule has 6 nitrogen and oxygen atoms in total. The van der Waals surface area contributed by atoms with E-state index >= 15 is 0 Å². The summed E-state index contributed by atoms with van der Waals surface area (Å²) < 4.78 is 6.39. The molecule has 3 N–H and O–H groups in total.